The van der Waals surface area contributed by atoms with Crippen LogP contribution >= 0.6 is 12.4 Å². The number of hydrogen-bond acceptors (Lipinski definition) is 2. The summed E-state index contributed by atoms with van der Waals surface area (Å²) in [5.74, 6) is 0. The maximum absolute atomic E-state index is 10.9. The number of benzene rings is 2. The van der Waals surface area contributed by atoms with E-state index in [2.05, 4.69) is 0 Å². The normalized spacial score (nSPS) is 12.6. The molecule has 0 aliphatic heterocycles. The standard InChI is InChI=1S/C15H17NO.ClH/c1-12(16)15(17,13-8-4-2-5-9-13)14-10-6-3-7-11-14;/h2-12,17H,16H2,1H3;1H/t12-;/m0./s1. The van der Waals surface area contributed by atoms with Crippen molar-refractivity contribution in [3.8, 4) is 0 Å². The van der Waals surface area contributed by atoms with Crippen molar-refractivity contribution in [2.45, 2.75) is 18.6 Å². The molecule has 0 aliphatic carbocycles. The molecule has 0 unspecified atom stereocenters. The minimum Gasteiger partial charge on any atom is -0.379 e. The van der Waals surface area contributed by atoms with Crippen molar-refractivity contribution in [1.82, 2.24) is 0 Å². The molecule has 3 heteroatoms. The Hall–Kier alpha value is -1.35. The Morgan fingerprint density at radius 2 is 1.22 bits per heavy atom. The van der Waals surface area contributed by atoms with Crippen molar-refractivity contribution in [1.29, 1.82) is 0 Å². The van der Waals surface area contributed by atoms with E-state index in [1.807, 2.05) is 67.6 Å². The third kappa shape index (κ3) is 2.56. The first-order chi connectivity index (χ1) is 8.15. The van der Waals surface area contributed by atoms with Gasteiger partial charge in [0.15, 0.2) is 0 Å². The lowest BCUT2D eigenvalue weighted by atomic mass is 9.81. The number of halogens is 1. The van der Waals surface area contributed by atoms with Crippen LogP contribution in [0.25, 0.3) is 0 Å². The predicted octanol–water partition coefficient (Wildman–Crippen LogP) is 2.69. The van der Waals surface area contributed by atoms with E-state index >= 15 is 0 Å². The van der Waals surface area contributed by atoms with E-state index in [9.17, 15) is 5.11 Å². The highest BCUT2D eigenvalue weighted by Crippen LogP contribution is 2.31. The molecule has 0 amide bonds. The minimum atomic E-state index is -1.14. The van der Waals surface area contributed by atoms with Crippen LogP contribution in [0.3, 0.4) is 0 Å². The van der Waals surface area contributed by atoms with Gasteiger partial charge in [0.25, 0.3) is 0 Å². The van der Waals surface area contributed by atoms with Gasteiger partial charge < -0.3 is 10.8 Å². The molecule has 0 heterocycles. The summed E-state index contributed by atoms with van der Waals surface area (Å²) in [6.45, 7) is 1.82. The maximum atomic E-state index is 10.9. The summed E-state index contributed by atoms with van der Waals surface area (Å²) in [7, 11) is 0. The van der Waals surface area contributed by atoms with Crippen molar-refractivity contribution < 1.29 is 5.11 Å². The highest BCUT2D eigenvalue weighted by molar-refractivity contribution is 5.85. The molecule has 2 aromatic carbocycles. The van der Waals surface area contributed by atoms with Crippen molar-refractivity contribution in [2.24, 2.45) is 5.73 Å². The average molecular weight is 264 g/mol. The molecule has 18 heavy (non-hydrogen) atoms. The summed E-state index contributed by atoms with van der Waals surface area (Å²) in [5.41, 5.74) is 6.49. The van der Waals surface area contributed by atoms with Gasteiger partial charge in [-0.1, -0.05) is 60.7 Å². The van der Waals surface area contributed by atoms with Crippen molar-refractivity contribution in [3.05, 3.63) is 71.8 Å². The molecule has 0 aromatic heterocycles. The molecular formula is C15H18ClNO. The first-order valence-electron chi connectivity index (χ1n) is 5.74. The summed E-state index contributed by atoms with van der Waals surface area (Å²) >= 11 is 0. The predicted molar refractivity (Wildman–Crippen MR) is 76.8 cm³/mol. The number of nitrogens with two attached hydrogens (primary N) is 1. The van der Waals surface area contributed by atoms with Crippen LogP contribution in [0, 0.1) is 0 Å². The van der Waals surface area contributed by atoms with Gasteiger partial charge in [0.05, 0.1) is 0 Å². The lowest BCUT2D eigenvalue weighted by Crippen LogP contribution is -2.44. The van der Waals surface area contributed by atoms with Gasteiger partial charge in [-0.25, -0.2) is 0 Å². The van der Waals surface area contributed by atoms with Gasteiger partial charge in [0.2, 0.25) is 0 Å². The summed E-state index contributed by atoms with van der Waals surface area (Å²) in [5, 5.41) is 10.9. The molecule has 0 fully saturated rings. The molecule has 0 saturated carbocycles. The first kappa shape index (κ1) is 14.7. The molecule has 2 nitrogen and oxygen atoms in total. The van der Waals surface area contributed by atoms with E-state index < -0.39 is 5.60 Å². The van der Waals surface area contributed by atoms with E-state index in [-0.39, 0.29) is 18.4 Å². The average Bonchev–Trinajstić information content (AvgIpc) is 2.39. The van der Waals surface area contributed by atoms with Crippen LogP contribution in [0.5, 0.6) is 0 Å². The van der Waals surface area contributed by atoms with Crippen molar-refractivity contribution >= 4 is 12.4 Å². The smallest absolute Gasteiger partial charge is 0.129 e. The molecule has 2 rings (SSSR count). The van der Waals surface area contributed by atoms with Crippen LogP contribution in [-0.4, -0.2) is 11.1 Å². The second-order valence-corrected chi connectivity index (χ2v) is 4.29. The molecule has 2 aromatic rings. The fourth-order valence-electron chi connectivity index (χ4n) is 2.08. The van der Waals surface area contributed by atoms with Gasteiger partial charge in [0, 0.05) is 6.04 Å². The van der Waals surface area contributed by atoms with Crippen molar-refractivity contribution in [3.63, 3.8) is 0 Å². The third-order valence-electron chi connectivity index (χ3n) is 3.09. The monoisotopic (exact) mass is 263 g/mol. The first-order valence-corrected chi connectivity index (χ1v) is 5.74. The van der Waals surface area contributed by atoms with Gasteiger partial charge in [-0.2, -0.15) is 0 Å². The molecule has 0 aliphatic rings. The van der Waals surface area contributed by atoms with Crippen LogP contribution in [0.15, 0.2) is 60.7 Å². The second kappa shape index (κ2) is 6.01. The zero-order chi connectivity index (χ0) is 12.3. The fourth-order valence-corrected chi connectivity index (χ4v) is 2.08. The summed E-state index contributed by atoms with van der Waals surface area (Å²) in [6.07, 6.45) is 0. The topological polar surface area (TPSA) is 46.2 Å². The Bertz CT molecular complexity index is 431. The van der Waals surface area contributed by atoms with Gasteiger partial charge in [0.1, 0.15) is 5.60 Å². The molecular weight excluding hydrogens is 246 g/mol. The van der Waals surface area contributed by atoms with Crippen LogP contribution in [0.2, 0.25) is 0 Å². The number of hydrogen-bond donors (Lipinski definition) is 2. The number of aliphatic hydroxyl groups is 1. The van der Waals surface area contributed by atoms with Crippen LogP contribution in [0.4, 0.5) is 0 Å². The Morgan fingerprint density at radius 1 is 0.889 bits per heavy atom. The zero-order valence-corrected chi connectivity index (χ0v) is 11.1. The molecule has 3 N–H and O–H groups in total. The summed E-state index contributed by atoms with van der Waals surface area (Å²) in [4.78, 5) is 0. The molecule has 0 saturated heterocycles. The lowest BCUT2D eigenvalue weighted by Gasteiger charge is -2.33. The third-order valence-corrected chi connectivity index (χ3v) is 3.09. The molecule has 0 bridgehead atoms. The number of rotatable bonds is 3. The second-order valence-electron chi connectivity index (χ2n) is 4.29. The van der Waals surface area contributed by atoms with Gasteiger partial charge in [-0.3, -0.25) is 0 Å². The van der Waals surface area contributed by atoms with Crippen LogP contribution < -0.4 is 5.73 Å². The Kier molecular flexibility index (Phi) is 4.91. The fraction of sp³-hybridized carbons (Fsp3) is 0.200. The molecule has 1 atom stereocenters. The zero-order valence-electron chi connectivity index (χ0n) is 10.3. The van der Waals surface area contributed by atoms with E-state index in [1.54, 1.807) is 0 Å². The molecule has 0 radical (unpaired) electrons. The van der Waals surface area contributed by atoms with Crippen molar-refractivity contribution in [2.75, 3.05) is 0 Å². The van der Waals surface area contributed by atoms with E-state index in [1.165, 1.54) is 0 Å². The Morgan fingerprint density at radius 3 is 1.50 bits per heavy atom. The largest absolute Gasteiger partial charge is 0.379 e. The minimum absolute atomic E-state index is 0. The van der Waals surface area contributed by atoms with Gasteiger partial charge >= 0.3 is 0 Å². The quantitative estimate of drug-likeness (QED) is 0.894. The van der Waals surface area contributed by atoms with E-state index in [0.29, 0.717) is 0 Å². The Labute approximate surface area is 114 Å². The highest BCUT2D eigenvalue weighted by Gasteiger charge is 2.35. The maximum Gasteiger partial charge on any atom is 0.129 e. The highest BCUT2D eigenvalue weighted by atomic mass is 35.5. The molecule has 0 spiro atoms. The molecule has 96 valence electrons. The lowest BCUT2D eigenvalue weighted by molar-refractivity contribution is 0.0579. The summed E-state index contributed by atoms with van der Waals surface area (Å²) in [6, 6.07) is 18.7. The van der Waals surface area contributed by atoms with E-state index in [0.717, 1.165) is 11.1 Å². The SMILES string of the molecule is C[C@H](N)C(O)(c1ccccc1)c1ccccc1.Cl. The van der Waals surface area contributed by atoms with Gasteiger partial charge in [-0.05, 0) is 18.1 Å². The Balaban J connectivity index is 0.00000162. The van der Waals surface area contributed by atoms with Gasteiger partial charge in [-0.15, -0.1) is 12.4 Å². The van der Waals surface area contributed by atoms with Crippen LogP contribution in [0.1, 0.15) is 18.1 Å². The summed E-state index contributed by atoms with van der Waals surface area (Å²) < 4.78 is 0. The van der Waals surface area contributed by atoms with E-state index in [4.69, 9.17) is 5.73 Å². The van der Waals surface area contributed by atoms with Crippen LogP contribution in [-0.2, 0) is 5.60 Å².